The van der Waals surface area contributed by atoms with Crippen LogP contribution in [0.3, 0.4) is 0 Å². The number of alkyl carbamates (subject to hydrolysis) is 1. The van der Waals surface area contributed by atoms with Crippen LogP contribution in [0.5, 0.6) is 0 Å². The summed E-state index contributed by atoms with van der Waals surface area (Å²) in [6.07, 6.45) is -29.7. The average molecular weight is 2130 g/mol. The number of amides is 3. The van der Waals surface area contributed by atoms with Gasteiger partial charge in [-0.15, -0.1) is 0 Å². The number of benzene rings is 8. The van der Waals surface area contributed by atoms with Crippen LogP contribution in [0.15, 0.2) is 243 Å². The Hall–Kier alpha value is -12.4. The van der Waals surface area contributed by atoms with Crippen molar-refractivity contribution in [2.75, 3.05) is 26.4 Å². The molecule has 2 saturated heterocycles. The lowest BCUT2D eigenvalue weighted by Crippen LogP contribution is -2.71. The van der Waals surface area contributed by atoms with E-state index in [0.29, 0.717) is 44.5 Å². The minimum absolute atomic E-state index is 0.348. The summed E-state index contributed by atoms with van der Waals surface area (Å²) in [7, 11) is -21.7. The van der Waals surface area contributed by atoms with Crippen molar-refractivity contribution in [1.82, 2.24) is 16.0 Å². The molecule has 8 aromatic rings. The van der Waals surface area contributed by atoms with E-state index in [1.807, 2.05) is 0 Å². The molecule has 798 valence electrons. The Morgan fingerprint density at radius 2 is 0.588 bits per heavy atom. The molecule has 2 fully saturated rings. The first-order chi connectivity index (χ1) is 70.5. The molecule has 2 aliphatic heterocycles. The summed E-state index contributed by atoms with van der Waals surface area (Å²) < 4.78 is 207. The maximum atomic E-state index is 17.1. The number of hydrogen-bond donors (Lipinski definition) is 3. The molecule has 45 heteroatoms. The molecular formula is C103H123N3O38P4. The number of nitrogens with one attached hydrogen (secondary N) is 3. The minimum atomic E-state index is -5.48. The van der Waals surface area contributed by atoms with Gasteiger partial charge < -0.3 is 118 Å². The first-order valence-electron chi connectivity index (χ1n) is 47.0. The Morgan fingerprint density at radius 1 is 0.318 bits per heavy atom. The number of carbonyl (C=O) groups excluding carboxylic acids is 12. The van der Waals surface area contributed by atoms with E-state index in [0.717, 1.165) is 62.3 Å². The van der Waals surface area contributed by atoms with Crippen LogP contribution in [0.1, 0.15) is 140 Å². The van der Waals surface area contributed by atoms with Gasteiger partial charge in [-0.1, -0.05) is 243 Å². The van der Waals surface area contributed by atoms with Crippen molar-refractivity contribution in [3.05, 3.63) is 287 Å². The van der Waals surface area contributed by atoms with E-state index in [2.05, 4.69) is 16.0 Å². The van der Waals surface area contributed by atoms with Crippen molar-refractivity contribution in [3.63, 3.8) is 0 Å². The summed E-state index contributed by atoms with van der Waals surface area (Å²) in [5, 5.41) is 2.99. The van der Waals surface area contributed by atoms with E-state index in [1.54, 1.807) is 243 Å². The van der Waals surface area contributed by atoms with E-state index < -0.39 is 296 Å². The molecule has 2 aliphatic rings. The third-order valence-electron chi connectivity index (χ3n) is 21.9. The van der Waals surface area contributed by atoms with E-state index in [4.69, 9.17) is 103 Å². The Bertz CT molecular complexity index is 5470. The van der Waals surface area contributed by atoms with Crippen LogP contribution in [-0.2, 0) is 226 Å². The molecule has 41 nitrogen and oxygen atoms in total. The molecule has 14 atom stereocenters. The highest BCUT2D eigenvalue weighted by Gasteiger charge is 2.61. The summed E-state index contributed by atoms with van der Waals surface area (Å²) in [6, 6.07) is 58.4. The Kier molecular flexibility index (Phi) is 45.6. The second-order valence-electron chi connectivity index (χ2n) is 35.0. The van der Waals surface area contributed by atoms with Gasteiger partial charge in [0.05, 0.1) is 65.7 Å². The molecule has 0 radical (unpaired) electrons. The molecule has 3 N–H and O–H groups in total. The van der Waals surface area contributed by atoms with Gasteiger partial charge in [0.25, 0.3) is 0 Å². The second kappa shape index (κ2) is 57.4. The topological polar surface area (TPSA) is 512 Å². The molecule has 3 amide bonds. The smallest absolute Gasteiger partial charge is 0.408 e. The molecule has 0 aliphatic carbocycles. The Labute approximate surface area is 856 Å². The van der Waals surface area contributed by atoms with Crippen LogP contribution in [0.2, 0.25) is 0 Å². The van der Waals surface area contributed by atoms with Crippen molar-refractivity contribution >= 4 is 102 Å². The molecule has 10 rings (SSSR count). The van der Waals surface area contributed by atoms with Crippen LogP contribution >= 0.6 is 30.4 Å². The maximum Gasteiger partial charge on any atom is 0.408 e. The monoisotopic (exact) mass is 2130 g/mol. The third-order valence-corrected chi connectivity index (χ3v) is 32.8. The molecular weight excluding hydrogens is 2010 g/mol. The molecule has 0 bridgehead atoms. The second-order valence-corrected chi connectivity index (χ2v) is 44.7. The van der Waals surface area contributed by atoms with E-state index in [1.165, 1.54) is 20.8 Å². The summed E-state index contributed by atoms with van der Waals surface area (Å²) in [5.74, 6) is -13.3. The number of ether oxygens (including phenoxy) is 14. The van der Waals surface area contributed by atoms with Gasteiger partial charge in [-0.25, -0.2) is 4.79 Å². The van der Waals surface area contributed by atoms with Gasteiger partial charge in [0.15, 0.2) is 53.9 Å². The highest BCUT2D eigenvalue weighted by atomic mass is 31.2. The lowest BCUT2D eigenvalue weighted by Gasteiger charge is -2.50. The zero-order valence-electron chi connectivity index (χ0n) is 83.5. The number of esters is 9. The molecule has 0 spiro atoms. The third kappa shape index (κ3) is 38.0. The Balaban J connectivity index is 1.25. The zero-order chi connectivity index (χ0) is 107. The fourth-order valence-corrected chi connectivity index (χ4v) is 25.5. The highest BCUT2D eigenvalue weighted by Crippen LogP contribution is 2.74. The summed E-state index contributed by atoms with van der Waals surface area (Å²) in [5.41, 5.74) is 1.58. The van der Waals surface area contributed by atoms with Crippen molar-refractivity contribution < 1.29 is 178 Å². The molecule has 2 heterocycles. The lowest BCUT2D eigenvalue weighted by atomic mass is 9.93. The van der Waals surface area contributed by atoms with Gasteiger partial charge in [-0.05, 0) is 65.3 Å². The zero-order valence-corrected chi connectivity index (χ0v) is 87.1. The van der Waals surface area contributed by atoms with Gasteiger partial charge in [0.1, 0.15) is 74.6 Å². The largest absolute Gasteiger partial charge is 0.464 e. The van der Waals surface area contributed by atoms with Crippen LogP contribution in [0.4, 0.5) is 4.79 Å². The fraction of sp³-hybridized carbons (Fsp3) is 0.417. The van der Waals surface area contributed by atoms with Gasteiger partial charge in [0, 0.05) is 62.3 Å². The van der Waals surface area contributed by atoms with Gasteiger partial charge in [0.2, 0.25) is 11.8 Å². The van der Waals surface area contributed by atoms with E-state index >= 15 is 27.8 Å². The van der Waals surface area contributed by atoms with Crippen LogP contribution in [0, 0.1) is 0 Å². The molecule has 6 unspecified atom stereocenters. The number of carbonyl (C=O) groups is 12. The quantitative estimate of drug-likeness (QED) is 0.0181. The molecule has 148 heavy (non-hydrogen) atoms. The standard InChI is InChI=1S/C103H123N3O38P4/c1-67(107)123-63-84(104-102(118)144-103(10,11)12)94(136-72(6)112)95(85(135-71(5)111)64-124-68(2)108)142-100-93(106-89(117)54-91(147(121,131-59-80-45-29-17-30-46-80)132-60-81-47-31-18-32-48-81)148(122,133-61-82-49-33-19-34-50-82)134-62-83-51-35-20-36-52-83)99(139-75(9)115)97(87(141-100)66-126-70(4)110)143-101-92(98(138-74(8)114)96(137-73(7)113)86(140-101)65-125-69(3)109)105-88(116)53-90(145(119,127-55-76-37-21-13-22-38-76)128-56-77-39-23-14-24-40-77)146(120,129-57-78-41-25-15-26-42-78)130-58-79-43-27-16-28-44-79/h13-52,84-87,90-101H,53-66H2,1-12H3,(H,104,118)(H,105,116)(H,106,117)/t84?,85?,86?,87?,92?,93?,94-,95+,96+,97+,98-,99-,100+,101+/m1/s1. The SMILES string of the molecule is CC(=O)OCC(NC(=O)OC(C)(C)C)[C@@H](OC(C)=O)[C@@H](O[C@@H]1OC(COC(C)=O)[C@H](O[C@@H]2OC(COC(C)=O)[C@H](OC(C)=O)[C@H](OC(C)=O)C2NC(=O)CC(P(=O)(OCc2ccccc2)OCc2ccccc2)P(=O)(OCc2ccccc2)OCc2ccccc2)[C@H](OC(C)=O)C1NC(=O)CC(P(=O)(OCc1ccccc1)OCc1ccccc1)P(=O)(OCc1ccccc1)OCc1ccccc1)C(COC(C)=O)OC(C)=O. The van der Waals surface area contributed by atoms with Crippen LogP contribution < -0.4 is 16.0 Å². The lowest BCUT2D eigenvalue weighted by molar-refractivity contribution is -0.343. The number of hydrogen-bond acceptors (Lipinski definition) is 38. The van der Waals surface area contributed by atoms with Crippen LogP contribution in [0.25, 0.3) is 0 Å². The maximum absolute atomic E-state index is 17.1. The minimum Gasteiger partial charge on any atom is -0.464 e. The highest BCUT2D eigenvalue weighted by molar-refractivity contribution is 7.73. The molecule has 8 aromatic carbocycles. The van der Waals surface area contributed by atoms with E-state index in [9.17, 15) is 47.9 Å². The summed E-state index contributed by atoms with van der Waals surface area (Å²) in [4.78, 5) is 172. The van der Waals surface area contributed by atoms with Gasteiger partial charge in [-0.3, -0.25) is 71.0 Å². The van der Waals surface area contributed by atoms with Crippen molar-refractivity contribution in [1.29, 1.82) is 0 Å². The van der Waals surface area contributed by atoms with Crippen molar-refractivity contribution in [2.24, 2.45) is 0 Å². The Morgan fingerprint density at radius 3 is 0.872 bits per heavy atom. The molecule has 0 saturated carbocycles. The normalized spacial score (nSPS) is 18.8. The predicted octanol–water partition coefficient (Wildman–Crippen LogP) is 14.9. The van der Waals surface area contributed by atoms with Crippen LogP contribution in [-0.4, -0.2) is 200 Å². The molecule has 0 aromatic heterocycles. The number of rotatable bonds is 55. The first-order valence-corrected chi connectivity index (χ1v) is 53.4. The summed E-state index contributed by atoms with van der Waals surface area (Å²) in [6.45, 7) is 3.55. The van der Waals surface area contributed by atoms with Gasteiger partial charge in [-0.2, -0.15) is 0 Å². The fourth-order valence-electron chi connectivity index (χ4n) is 15.3. The predicted molar refractivity (Wildman–Crippen MR) is 525 cm³/mol. The first kappa shape index (κ1) is 118. The van der Waals surface area contributed by atoms with Gasteiger partial charge >= 0.3 is 90.2 Å². The van der Waals surface area contributed by atoms with Crippen molar-refractivity contribution in [2.45, 2.75) is 251 Å². The average Bonchev–Trinajstić information content (AvgIpc) is 0.761. The summed E-state index contributed by atoms with van der Waals surface area (Å²) >= 11 is 0. The van der Waals surface area contributed by atoms with E-state index in [-0.39, 0.29) is 0 Å². The van der Waals surface area contributed by atoms with Crippen molar-refractivity contribution in [3.8, 4) is 0 Å².